The lowest BCUT2D eigenvalue weighted by Gasteiger charge is -2.24. The Morgan fingerprint density at radius 3 is 2.15 bits per heavy atom. The fourth-order valence-electron chi connectivity index (χ4n) is 4.17. The normalized spacial score (nSPS) is 13.9. The number of amides is 3. The summed E-state index contributed by atoms with van der Waals surface area (Å²) < 4.78 is 0. The fraction of sp³-hybridized carbons (Fsp3) is 0.321. The molecule has 3 rings (SSSR count). The third-order valence-electron chi connectivity index (χ3n) is 6.38. The molecule has 1 heterocycles. The first kappa shape index (κ1) is 29.8. The molecule has 8 N–H and O–H groups in total. The van der Waals surface area contributed by atoms with Gasteiger partial charge in [0, 0.05) is 29.9 Å². The largest absolute Gasteiger partial charge is 0.481 e. The van der Waals surface area contributed by atoms with Gasteiger partial charge in [0.2, 0.25) is 17.7 Å². The van der Waals surface area contributed by atoms with Crippen molar-refractivity contribution in [2.75, 3.05) is 0 Å². The molecule has 40 heavy (non-hydrogen) atoms. The number of H-pyrrole nitrogens is 1. The van der Waals surface area contributed by atoms with E-state index in [1.54, 1.807) is 36.5 Å². The second-order valence-corrected chi connectivity index (χ2v) is 9.48. The lowest BCUT2D eigenvalue weighted by Crippen LogP contribution is -2.57. The van der Waals surface area contributed by atoms with E-state index >= 15 is 0 Å². The zero-order valence-electron chi connectivity index (χ0n) is 21.9. The Bertz CT molecular complexity index is 1360. The topological polar surface area (TPSA) is 204 Å². The number of carbonyl (C=O) groups excluding carboxylic acids is 3. The van der Waals surface area contributed by atoms with Gasteiger partial charge < -0.3 is 36.9 Å². The van der Waals surface area contributed by atoms with Gasteiger partial charge in [-0.3, -0.25) is 19.2 Å². The van der Waals surface area contributed by atoms with E-state index in [0.717, 1.165) is 16.5 Å². The first-order valence-corrected chi connectivity index (χ1v) is 12.8. The maximum atomic E-state index is 13.0. The lowest BCUT2D eigenvalue weighted by molar-refractivity contribution is -0.143. The Balaban J connectivity index is 1.65. The SMILES string of the molecule is CC(NC(=O)C(N)Cc1c[nH]c2ccccc12)C(=O)NC(Cc1ccccc1)C(=O)NC(CCC(=O)O)C(=O)O. The van der Waals surface area contributed by atoms with Gasteiger partial charge in [0.1, 0.15) is 18.1 Å². The molecular weight excluding hydrogens is 518 g/mol. The maximum absolute atomic E-state index is 13.0. The lowest BCUT2D eigenvalue weighted by atomic mass is 10.0. The fourth-order valence-corrected chi connectivity index (χ4v) is 4.17. The van der Waals surface area contributed by atoms with E-state index in [9.17, 15) is 29.1 Å². The van der Waals surface area contributed by atoms with Gasteiger partial charge in [0.15, 0.2) is 0 Å². The van der Waals surface area contributed by atoms with E-state index in [1.165, 1.54) is 6.92 Å². The molecule has 1 aromatic heterocycles. The summed E-state index contributed by atoms with van der Waals surface area (Å²) in [6, 6.07) is 11.7. The van der Waals surface area contributed by atoms with Crippen molar-refractivity contribution in [2.45, 2.75) is 56.8 Å². The van der Waals surface area contributed by atoms with E-state index in [2.05, 4.69) is 20.9 Å². The Morgan fingerprint density at radius 1 is 0.825 bits per heavy atom. The van der Waals surface area contributed by atoms with Gasteiger partial charge in [0.25, 0.3) is 0 Å². The number of benzene rings is 2. The van der Waals surface area contributed by atoms with Crippen LogP contribution in [0.15, 0.2) is 60.8 Å². The van der Waals surface area contributed by atoms with Gasteiger partial charge in [-0.25, -0.2) is 4.79 Å². The molecule has 0 saturated carbocycles. The van der Waals surface area contributed by atoms with Gasteiger partial charge in [-0.2, -0.15) is 0 Å². The predicted octanol–water partition coefficient (Wildman–Crippen LogP) is 0.704. The van der Waals surface area contributed by atoms with E-state index in [0.29, 0.717) is 5.56 Å². The number of fused-ring (bicyclic) bond motifs is 1. The van der Waals surface area contributed by atoms with Gasteiger partial charge in [0.05, 0.1) is 6.04 Å². The molecule has 0 spiro atoms. The van der Waals surface area contributed by atoms with Crippen LogP contribution in [0.2, 0.25) is 0 Å². The summed E-state index contributed by atoms with van der Waals surface area (Å²) in [6.07, 6.45) is 1.25. The number of nitrogens with one attached hydrogen (secondary N) is 4. The number of carboxylic acid groups (broad SMARTS) is 2. The number of para-hydroxylation sites is 1. The highest BCUT2D eigenvalue weighted by atomic mass is 16.4. The number of aliphatic carboxylic acids is 2. The molecule has 2 aromatic carbocycles. The summed E-state index contributed by atoms with van der Waals surface area (Å²) in [7, 11) is 0. The molecule has 4 unspecified atom stereocenters. The zero-order chi connectivity index (χ0) is 29.2. The number of aromatic amines is 1. The van der Waals surface area contributed by atoms with Crippen LogP contribution < -0.4 is 21.7 Å². The number of carbonyl (C=O) groups is 5. The smallest absolute Gasteiger partial charge is 0.326 e. The van der Waals surface area contributed by atoms with E-state index in [-0.39, 0.29) is 19.3 Å². The molecule has 0 aliphatic heterocycles. The molecule has 12 heteroatoms. The van der Waals surface area contributed by atoms with Crippen LogP contribution in [0.3, 0.4) is 0 Å². The number of nitrogens with two attached hydrogens (primary N) is 1. The summed E-state index contributed by atoms with van der Waals surface area (Å²) in [4.78, 5) is 64.4. The molecule has 0 aliphatic carbocycles. The summed E-state index contributed by atoms with van der Waals surface area (Å²) in [5.74, 6) is -4.64. The monoisotopic (exact) mass is 551 g/mol. The minimum atomic E-state index is -1.46. The molecule has 0 aliphatic rings. The Morgan fingerprint density at radius 2 is 1.48 bits per heavy atom. The van der Waals surface area contributed by atoms with Crippen LogP contribution in [-0.4, -0.2) is 69.0 Å². The predicted molar refractivity (Wildman–Crippen MR) is 146 cm³/mol. The molecule has 0 saturated heterocycles. The van der Waals surface area contributed by atoms with E-state index in [1.807, 2.05) is 24.3 Å². The van der Waals surface area contributed by atoms with Crippen LogP contribution in [0, 0.1) is 0 Å². The molecule has 3 aromatic rings. The Kier molecular flexibility index (Phi) is 10.4. The van der Waals surface area contributed by atoms with Crippen molar-refractivity contribution in [3.8, 4) is 0 Å². The average Bonchev–Trinajstić information content (AvgIpc) is 3.33. The molecule has 0 radical (unpaired) electrons. The van der Waals surface area contributed by atoms with Crippen LogP contribution in [0.5, 0.6) is 0 Å². The summed E-state index contributed by atoms with van der Waals surface area (Å²) >= 11 is 0. The van der Waals surface area contributed by atoms with Gasteiger partial charge >= 0.3 is 11.9 Å². The summed E-state index contributed by atoms with van der Waals surface area (Å²) in [5, 5.41) is 26.7. The van der Waals surface area contributed by atoms with Crippen molar-refractivity contribution in [1.29, 1.82) is 0 Å². The first-order valence-electron chi connectivity index (χ1n) is 12.8. The second kappa shape index (κ2) is 13.9. The molecule has 12 nitrogen and oxygen atoms in total. The number of aromatic nitrogens is 1. The highest BCUT2D eigenvalue weighted by Gasteiger charge is 2.29. The molecule has 3 amide bonds. The third kappa shape index (κ3) is 8.40. The molecule has 212 valence electrons. The molecule has 4 atom stereocenters. The van der Waals surface area contributed by atoms with Crippen molar-refractivity contribution in [1.82, 2.24) is 20.9 Å². The van der Waals surface area contributed by atoms with Crippen molar-refractivity contribution in [2.24, 2.45) is 5.73 Å². The highest BCUT2D eigenvalue weighted by Crippen LogP contribution is 2.18. The van der Waals surface area contributed by atoms with Crippen LogP contribution in [0.1, 0.15) is 30.9 Å². The molecule has 0 fully saturated rings. The number of carboxylic acids is 2. The van der Waals surface area contributed by atoms with E-state index < -0.39 is 60.2 Å². The van der Waals surface area contributed by atoms with Crippen molar-refractivity contribution >= 4 is 40.6 Å². The van der Waals surface area contributed by atoms with Crippen molar-refractivity contribution in [3.63, 3.8) is 0 Å². The second-order valence-electron chi connectivity index (χ2n) is 9.48. The Hall–Kier alpha value is -4.71. The van der Waals surface area contributed by atoms with Gasteiger partial charge in [-0.15, -0.1) is 0 Å². The highest BCUT2D eigenvalue weighted by molar-refractivity contribution is 5.94. The number of rotatable bonds is 14. The van der Waals surface area contributed by atoms with Crippen molar-refractivity contribution < 1.29 is 34.2 Å². The quantitative estimate of drug-likeness (QED) is 0.152. The van der Waals surface area contributed by atoms with Crippen LogP contribution in [-0.2, 0) is 36.8 Å². The average molecular weight is 552 g/mol. The van der Waals surface area contributed by atoms with Gasteiger partial charge in [-0.1, -0.05) is 48.5 Å². The first-order chi connectivity index (χ1) is 19.0. The van der Waals surface area contributed by atoms with Crippen LogP contribution in [0.25, 0.3) is 10.9 Å². The Labute approximate surface area is 230 Å². The number of hydrogen-bond acceptors (Lipinski definition) is 6. The minimum absolute atomic E-state index is 0.0322. The van der Waals surface area contributed by atoms with Crippen LogP contribution >= 0.6 is 0 Å². The van der Waals surface area contributed by atoms with Crippen molar-refractivity contribution in [3.05, 3.63) is 71.9 Å². The minimum Gasteiger partial charge on any atom is -0.481 e. The van der Waals surface area contributed by atoms with E-state index in [4.69, 9.17) is 10.8 Å². The molecule has 0 bridgehead atoms. The van der Waals surface area contributed by atoms with Gasteiger partial charge in [-0.05, 0) is 37.0 Å². The van der Waals surface area contributed by atoms with Crippen LogP contribution in [0.4, 0.5) is 0 Å². The number of hydrogen-bond donors (Lipinski definition) is 7. The standard InChI is InChI=1S/C28H33N5O7/c1-16(31-26(37)20(29)14-18-15-30-21-10-6-5-9-19(18)21)25(36)33-23(13-17-7-3-2-4-8-17)27(38)32-22(28(39)40)11-12-24(34)35/h2-10,15-16,20,22-23,30H,11-14,29H2,1H3,(H,31,37)(H,32,38)(H,33,36)(H,34,35)(H,39,40). The zero-order valence-corrected chi connectivity index (χ0v) is 21.9. The summed E-state index contributed by atoms with van der Waals surface area (Å²) in [5.41, 5.74) is 8.57. The molecular formula is C28H33N5O7. The maximum Gasteiger partial charge on any atom is 0.326 e. The third-order valence-corrected chi connectivity index (χ3v) is 6.38. The summed E-state index contributed by atoms with van der Waals surface area (Å²) in [6.45, 7) is 1.44.